The van der Waals surface area contributed by atoms with Gasteiger partial charge in [-0.25, -0.2) is 0 Å². The molecule has 2 aromatic carbocycles. The normalized spacial score (nSPS) is 17.5. The summed E-state index contributed by atoms with van der Waals surface area (Å²) in [5.41, 5.74) is 4.24. The number of oxime groups is 1. The highest BCUT2D eigenvalue weighted by atomic mass is 16.4. The molecule has 0 aliphatic carbocycles. The van der Waals surface area contributed by atoms with Gasteiger partial charge in [-0.1, -0.05) is 47.6 Å². The van der Waals surface area contributed by atoms with Crippen LogP contribution in [0.3, 0.4) is 0 Å². The summed E-state index contributed by atoms with van der Waals surface area (Å²) in [6.07, 6.45) is 3.89. The van der Waals surface area contributed by atoms with Gasteiger partial charge >= 0.3 is 0 Å². The van der Waals surface area contributed by atoms with Crippen molar-refractivity contribution in [2.45, 2.75) is 25.8 Å². The molecular formula is C20H20N2O2. The van der Waals surface area contributed by atoms with Crippen LogP contribution >= 0.6 is 0 Å². The number of fused-ring (bicyclic) bond motifs is 1. The van der Waals surface area contributed by atoms with Gasteiger partial charge in [0, 0.05) is 28.4 Å². The highest BCUT2D eigenvalue weighted by molar-refractivity contribution is 6.08. The van der Waals surface area contributed by atoms with Crippen molar-refractivity contribution in [3.63, 3.8) is 0 Å². The van der Waals surface area contributed by atoms with Crippen molar-refractivity contribution in [2.75, 3.05) is 0 Å². The van der Waals surface area contributed by atoms with E-state index in [1.165, 1.54) is 11.8 Å². The van der Waals surface area contributed by atoms with Gasteiger partial charge in [-0.2, -0.15) is 0 Å². The molecule has 1 heterocycles. The minimum atomic E-state index is -0.137. The molecule has 1 aliphatic heterocycles. The van der Waals surface area contributed by atoms with Gasteiger partial charge in [0.05, 0.1) is 6.21 Å². The quantitative estimate of drug-likeness (QED) is 0.298. The van der Waals surface area contributed by atoms with Crippen molar-refractivity contribution >= 4 is 17.7 Å². The molecule has 24 heavy (non-hydrogen) atoms. The van der Waals surface area contributed by atoms with E-state index in [9.17, 15) is 4.79 Å². The standard InChI is InChI=1S/C20H20N2O2/c1-20(2)12-16-9-8-14(13-21-24)10-17(16)18(22-20)11-19(23)15-6-4-3-5-7-15/h3-11,13,22,24H,12H2,1-2H3. The van der Waals surface area contributed by atoms with Crippen LogP contribution in [0.5, 0.6) is 0 Å². The fourth-order valence-electron chi connectivity index (χ4n) is 3.03. The van der Waals surface area contributed by atoms with Gasteiger partial charge in [-0.3, -0.25) is 4.79 Å². The molecule has 4 heteroatoms. The lowest BCUT2D eigenvalue weighted by Crippen LogP contribution is -2.43. The number of nitrogens with zero attached hydrogens (tertiary/aromatic N) is 1. The Hall–Kier alpha value is -2.88. The molecule has 0 amide bonds. The highest BCUT2D eigenvalue weighted by Crippen LogP contribution is 2.30. The van der Waals surface area contributed by atoms with Crippen molar-refractivity contribution < 1.29 is 10.0 Å². The van der Waals surface area contributed by atoms with Crippen LogP contribution in [0.15, 0.2) is 59.8 Å². The van der Waals surface area contributed by atoms with Crippen LogP contribution in [0.1, 0.15) is 40.9 Å². The monoisotopic (exact) mass is 320 g/mol. The van der Waals surface area contributed by atoms with Gasteiger partial charge in [0.2, 0.25) is 0 Å². The van der Waals surface area contributed by atoms with Gasteiger partial charge < -0.3 is 10.5 Å². The number of benzene rings is 2. The Balaban J connectivity index is 2.06. The van der Waals surface area contributed by atoms with Crippen LogP contribution in [-0.2, 0) is 6.42 Å². The van der Waals surface area contributed by atoms with Crippen molar-refractivity contribution in [2.24, 2.45) is 5.16 Å². The van der Waals surface area contributed by atoms with E-state index >= 15 is 0 Å². The lowest BCUT2D eigenvalue weighted by Gasteiger charge is -2.35. The molecule has 1 aliphatic rings. The van der Waals surface area contributed by atoms with Crippen LogP contribution in [-0.4, -0.2) is 22.7 Å². The number of ketones is 1. The Morgan fingerprint density at radius 3 is 2.67 bits per heavy atom. The third-order valence-corrected chi connectivity index (χ3v) is 4.07. The fraction of sp³-hybridized carbons (Fsp3) is 0.200. The minimum Gasteiger partial charge on any atom is -0.411 e. The summed E-state index contributed by atoms with van der Waals surface area (Å²) in [7, 11) is 0. The molecule has 2 N–H and O–H groups in total. The number of hydrogen-bond donors (Lipinski definition) is 2. The second kappa shape index (κ2) is 6.32. The van der Waals surface area contributed by atoms with Crippen LogP contribution < -0.4 is 5.32 Å². The van der Waals surface area contributed by atoms with Gasteiger partial charge in [0.15, 0.2) is 5.78 Å². The van der Waals surface area contributed by atoms with Gasteiger partial charge in [0.1, 0.15) is 0 Å². The Kier molecular flexibility index (Phi) is 4.21. The SMILES string of the molecule is CC1(C)Cc2ccc(C=NO)cc2C(=CC(=O)c2ccccc2)N1. The molecule has 0 fully saturated rings. The zero-order valence-corrected chi connectivity index (χ0v) is 13.8. The lowest BCUT2D eigenvalue weighted by atomic mass is 9.84. The number of carbonyl (C=O) groups excluding carboxylic acids is 1. The maximum Gasteiger partial charge on any atom is 0.187 e. The van der Waals surface area contributed by atoms with Crippen molar-refractivity contribution in [3.8, 4) is 0 Å². The average Bonchev–Trinajstić information content (AvgIpc) is 2.55. The summed E-state index contributed by atoms with van der Waals surface area (Å²) in [6.45, 7) is 4.22. The van der Waals surface area contributed by atoms with E-state index < -0.39 is 0 Å². The second-order valence-corrected chi connectivity index (χ2v) is 6.64. The summed E-state index contributed by atoms with van der Waals surface area (Å²) >= 11 is 0. The minimum absolute atomic E-state index is 0.0389. The third-order valence-electron chi connectivity index (χ3n) is 4.07. The van der Waals surface area contributed by atoms with Crippen LogP contribution in [0.25, 0.3) is 5.70 Å². The first kappa shape index (κ1) is 16.0. The molecule has 0 atom stereocenters. The Labute approximate surface area is 141 Å². The predicted molar refractivity (Wildman–Crippen MR) is 95.5 cm³/mol. The largest absolute Gasteiger partial charge is 0.411 e. The van der Waals surface area contributed by atoms with Crippen molar-refractivity contribution in [1.82, 2.24) is 5.32 Å². The van der Waals surface area contributed by atoms with E-state index in [0.717, 1.165) is 23.2 Å². The molecule has 4 nitrogen and oxygen atoms in total. The van der Waals surface area contributed by atoms with Crippen molar-refractivity contribution in [3.05, 3.63) is 76.9 Å². The zero-order valence-electron chi connectivity index (χ0n) is 13.8. The third kappa shape index (κ3) is 3.38. The number of nitrogens with one attached hydrogen (secondary N) is 1. The van der Waals surface area contributed by atoms with E-state index in [0.29, 0.717) is 5.56 Å². The maximum atomic E-state index is 12.6. The highest BCUT2D eigenvalue weighted by Gasteiger charge is 2.28. The molecule has 0 radical (unpaired) electrons. The summed E-state index contributed by atoms with van der Waals surface area (Å²) in [5, 5.41) is 15.3. The smallest absolute Gasteiger partial charge is 0.187 e. The molecule has 3 rings (SSSR count). The molecule has 0 saturated heterocycles. The molecule has 0 bridgehead atoms. The van der Waals surface area contributed by atoms with Crippen LogP contribution in [0.4, 0.5) is 0 Å². The zero-order chi connectivity index (χ0) is 17.2. The van der Waals surface area contributed by atoms with Crippen LogP contribution in [0.2, 0.25) is 0 Å². The van der Waals surface area contributed by atoms with E-state index in [2.05, 4.69) is 24.3 Å². The maximum absolute atomic E-state index is 12.6. The first-order chi connectivity index (χ1) is 11.5. The summed E-state index contributed by atoms with van der Waals surface area (Å²) in [5.74, 6) is -0.0389. The van der Waals surface area contributed by atoms with Gasteiger partial charge in [0.25, 0.3) is 0 Å². The summed E-state index contributed by atoms with van der Waals surface area (Å²) < 4.78 is 0. The number of allylic oxidation sites excluding steroid dienone is 1. The second-order valence-electron chi connectivity index (χ2n) is 6.64. The molecule has 0 aromatic heterocycles. The van der Waals surface area contributed by atoms with E-state index in [-0.39, 0.29) is 11.3 Å². The first-order valence-electron chi connectivity index (χ1n) is 7.88. The van der Waals surface area contributed by atoms with Gasteiger partial charge in [-0.05, 0) is 37.5 Å². The molecule has 122 valence electrons. The Morgan fingerprint density at radius 1 is 1.21 bits per heavy atom. The van der Waals surface area contributed by atoms with Crippen molar-refractivity contribution in [1.29, 1.82) is 0 Å². The fourth-order valence-corrected chi connectivity index (χ4v) is 3.03. The molecular weight excluding hydrogens is 300 g/mol. The Morgan fingerprint density at radius 2 is 1.96 bits per heavy atom. The summed E-state index contributed by atoms with van der Waals surface area (Å²) in [4.78, 5) is 12.6. The predicted octanol–water partition coefficient (Wildman–Crippen LogP) is 3.64. The molecule has 2 aromatic rings. The topological polar surface area (TPSA) is 61.7 Å². The first-order valence-corrected chi connectivity index (χ1v) is 7.88. The lowest BCUT2D eigenvalue weighted by molar-refractivity contribution is 0.104. The number of rotatable bonds is 3. The number of hydrogen-bond acceptors (Lipinski definition) is 4. The van der Waals surface area contributed by atoms with Crippen LogP contribution in [0, 0.1) is 0 Å². The van der Waals surface area contributed by atoms with Gasteiger partial charge in [-0.15, -0.1) is 0 Å². The molecule has 0 saturated carbocycles. The van der Waals surface area contributed by atoms with E-state index in [1.807, 2.05) is 48.5 Å². The molecule has 0 spiro atoms. The van der Waals surface area contributed by atoms with E-state index in [1.54, 1.807) is 6.08 Å². The Bertz CT molecular complexity index is 821. The average molecular weight is 320 g/mol. The molecule has 0 unspecified atom stereocenters. The summed E-state index contributed by atoms with van der Waals surface area (Å²) in [6, 6.07) is 15.1. The van der Waals surface area contributed by atoms with E-state index in [4.69, 9.17) is 5.21 Å². The number of carbonyl (C=O) groups is 1.